The zero-order valence-corrected chi connectivity index (χ0v) is 8.58. The van der Waals surface area contributed by atoms with Crippen molar-refractivity contribution in [2.24, 2.45) is 11.5 Å². The van der Waals surface area contributed by atoms with Crippen molar-refractivity contribution < 1.29 is 18.0 Å². The van der Waals surface area contributed by atoms with Crippen LogP contribution >= 0.6 is 0 Å². The third-order valence-corrected chi connectivity index (χ3v) is 3.74. The zero-order valence-electron chi connectivity index (χ0n) is 7.76. The van der Waals surface area contributed by atoms with Gasteiger partial charge in [-0.1, -0.05) is 0 Å². The van der Waals surface area contributed by atoms with Gasteiger partial charge in [0.2, 0.25) is 0 Å². The van der Waals surface area contributed by atoms with Crippen LogP contribution in [0.4, 0.5) is 9.59 Å². The van der Waals surface area contributed by atoms with Crippen LogP contribution in [0.1, 0.15) is 0 Å². The Bertz CT molecular complexity index is 349. The van der Waals surface area contributed by atoms with Crippen LogP contribution in [0.5, 0.6) is 0 Å². The van der Waals surface area contributed by atoms with Gasteiger partial charge in [0.15, 0.2) is 9.84 Å². The predicted octanol–water partition coefficient (Wildman–Crippen LogP) is -2.51. The van der Waals surface area contributed by atoms with Crippen molar-refractivity contribution in [1.29, 1.82) is 0 Å². The Morgan fingerprint density at radius 1 is 1.00 bits per heavy atom. The number of carbonyl (C=O) groups is 2. The number of nitrogens with one attached hydrogen (secondary N) is 2. The smallest absolute Gasteiger partial charge is 0.312 e. The Labute approximate surface area is 86.3 Å². The lowest BCUT2D eigenvalue weighted by Crippen LogP contribution is -2.53. The van der Waals surface area contributed by atoms with E-state index in [9.17, 15) is 18.0 Å². The lowest BCUT2D eigenvalue weighted by Gasteiger charge is -2.18. The van der Waals surface area contributed by atoms with Crippen LogP contribution < -0.4 is 22.1 Å². The molecule has 0 aromatic heterocycles. The lowest BCUT2D eigenvalue weighted by molar-refractivity contribution is 0.237. The van der Waals surface area contributed by atoms with Gasteiger partial charge in [-0.3, -0.25) is 0 Å². The normalized spacial score (nSPS) is 28.3. The Morgan fingerprint density at radius 3 is 1.60 bits per heavy atom. The molecule has 1 aliphatic rings. The molecule has 6 N–H and O–H groups in total. The van der Waals surface area contributed by atoms with E-state index in [-0.39, 0.29) is 11.5 Å². The van der Waals surface area contributed by atoms with Crippen molar-refractivity contribution >= 4 is 21.9 Å². The maximum absolute atomic E-state index is 11.2. The Hall–Kier alpha value is -1.51. The van der Waals surface area contributed by atoms with E-state index in [1.165, 1.54) is 0 Å². The number of carbonyl (C=O) groups excluding carboxylic acids is 2. The maximum atomic E-state index is 11.2. The highest BCUT2D eigenvalue weighted by atomic mass is 32.2. The quantitative estimate of drug-likeness (QED) is 0.419. The van der Waals surface area contributed by atoms with Crippen molar-refractivity contribution in [1.82, 2.24) is 10.6 Å². The standard InChI is InChI=1S/C6H12N4O4S/c7-5(11)9-3-1-15(13,14)2-4(3)10-6(8)12/h3-4H,1-2H2,(H3,7,9,11)(H3,8,10,12). The summed E-state index contributed by atoms with van der Waals surface area (Å²) in [6, 6.07) is -3.12. The summed E-state index contributed by atoms with van der Waals surface area (Å²) in [5.74, 6) is -0.498. The summed E-state index contributed by atoms with van der Waals surface area (Å²) in [5, 5.41) is 4.48. The van der Waals surface area contributed by atoms with Crippen molar-refractivity contribution in [2.45, 2.75) is 12.1 Å². The fraction of sp³-hybridized carbons (Fsp3) is 0.667. The molecule has 2 atom stereocenters. The Kier molecular flexibility index (Phi) is 3.03. The number of nitrogens with two attached hydrogens (primary N) is 2. The third kappa shape index (κ3) is 3.27. The summed E-state index contributed by atoms with van der Waals surface area (Å²) >= 11 is 0. The van der Waals surface area contributed by atoms with Crippen LogP contribution in [-0.4, -0.2) is 44.1 Å². The van der Waals surface area contributed by atoms with Gasteiger partial charge >= 0.3 is 12.1 Å². The van der Waals surface area contributed by atoms with Gasteiger partial charge in [-0.15, -0.1) is 0 Å². The molecule has 4 amide bonds. The molecule has 0 radical (unpaired) electrons. The van der Waals surface area contributed by atoms with E-state index in [1.54, 1.807) is 0 Å². The number of rotatable bonds is 2. The molecule has 1 rings (SSSR count). The molecule has 0 aliphatic carbocycles. The molecule has 86 valence electrons. The first-order valence-electron chi connectivity index (χ1n) is 4.12. The van der Waals surface area contributed by atoms with Crippen LogP contribution in [0.3, 0.4) is 0 Å². The van der Waals surface area contributed by atoms with Crippen molar-refractivity contribution in [2.75, 3.05) is 11.5 Å². The summed E-state index contributed by atoms with van der Waals surface area (Å²) in [5.41, 5.74) is 9.73. The van der Waals surface area contributed by atoms with Gasteiger partial charge in [-0.05, 0) is 0 Å². The molecule has 0 saturated carbocycles. The Morgan fingerprint density at radius 2 is 1.33 bits per heavy atom. The largest absolute Gasteiger partial charge is 0.352 e. The van der Waals surface area contributed by atoms with Gasteiger partial charge < -0.3 is 22.1 Å². The van der Waals surface area contributed by atoms with E-state index >= 15 is 0 Å². The van der Waals surface area contributed by atoms with E-state index in [0.29, 0.717) is 0 Å². The highest BCUT2D eigenvalue weighted by Gasteiger charge is 2.38. The molecule has 1 aliphatic heterocycles. The van der Waals surface area contributed by atoms with Crippen LogP contribution in [-0.2, 0) is 9.84 Å². The third-order valence-electron chi connectivity index (χ3n) is 2.01. The van der Waals surface area contributed by atoms with E-state index in [2.05, 4.69) is 10.6 Å². The first-order valence-corrected chi connectivity index (χ1v) is 5.94. The second kappa shape index (κ2) is 3.93. The fourth-order valence-electron chi connectivity index (χ4n) is 1.50. The fourth-order valence-corrected chi connectivity index (χ4v) is 3.36. The molecule has 0 aromatic carbocycles. The molecule has 15 heavy (non-hydrogen) atoms. The summed E-state index contributed by atoms with van der Waals surface area (Å²) in [6.07, 6.45) is 0. The van der Waals surface area contributed by atoms with E-state index < -0.39 is 34.0 Å². The van der Waals surface area contributed by atoms with Crippen molar-refractivity contribution in [3.63, 3.8) is 0 Å². The molecule has 9 heteroatoms. The molecule has 8 nitrogen and oxygen atoms in total. The predicted molar refractivity (Wildman–Crippen MR) is 51.7 cm³/mol. The van der Waals surface area contributed by atoms with Crippen LogP contribution in [0.25, 0.3) is 0 Å². The van der Waals surface area contributed by atoms with Gasteiger partial charge in [-0.25, -0.2) is 18.0 Å². The molecular formula is C6H12N4O4S. The number of amides is 4. The minimum Gasteiger partial charge on any atom is -0.352 e. The van der Waals surface area contributed by atoms with Gasteiger partial charge in [0.25, 0.3) is 0 Å². The average Bonchev–Trinajstić information content (AvgIpc) is 2.22. The summed E-state index contributed by atoms with van der Waals surface area (Å²) in [6.45, 7) is 0. The highest BCUT2D eigenvalue weighted by Crippen LogP contribution is 2.12. The highest BCUT2D eigenvalue weighted by molar-refractivity contribution is 7.91. The molecule has 0 aromatic rings. The van der Waals surface area contributed by atoms with E-state index in [1.807, 2.05) is 0 Å². The minimum absolute atomic E-state index is 0.249. The first-order chi connectivity index (χ1) is 6.80. The molecule has 1 saturated heterocycles. The SMILES string of the molecule is NC(=O)NC1CS(=O)(=O)CC1NC(N)=O. The van der Waals surface area contributed by atoms with Crippen LogP contribution in [0, 0.1) is 0 Å². The molecule has 2 unspecified atom stereocenters. The molecule has 1 heterocycles. The summed E-state index contributed by atoms with van der Waals surface area (Å²) < 4.78 is 22.5. The Balaban J connectivity index is 2.74. The average molecular weight is 236 g/mol. The minimum atomic E-state index is -3.28. The number of urea groups is 2. The van der Waals surface area contributed by atoms with E-state index in [0.717, 1.165) is 0 Å². The van der Waals surface area contributed by atoms with Crippen molar-refractivity contribution in [3.05, 3.63) is 0 Å². The second-order valence-electron chi connectivity index (χ2n) is 3.31. The number of primary amides is 2. The molecular weight excluding hydrogens is 224 g/mol. The number of hydrogen-bond acceptors (Lipinski definition) is 4. The van der Waals surface area contributed by atoms with Gasteiger partial charge in [0.1, 0.15) is 0 Å². The van der Waals surface area contributed by atoms with E-state index in [4.69, 9.17) is 11.5 Å². The van der Waals surface area contributed by atoms with Gasteiger partial charge in [0, 0.05) is 0 Å². The summed E-state index contributed by atoms with van der Waals surface area (Å²) in [7, 11) is -3.28. The molecule has 0 bridgehead atoms. The topological polar surface area (TPSA) is 144 Å². The number of hydrogen-bond donors (Lipinski definition) is 4. The maximum Gasteiger partial charge on any atom is 0.312 e. The van der Waals surface area contributed by atoms with Crippen LogP contribution in [0.2, 0.25) is 0 Å². The molecule has 0 spiro atoms. The first kappa shape index (κ1) is 11.6. The summed E-state index contributed by atoms with van der Waals surface area (Å²) in [4.78, 5) is 21.1. The number of sulfone groups is 1. The monoisotopic (exact) mass is 236 g/mol. The van der Waals surface area contributed by atoms with Gasteiger partial charge in [0.05, 0.1) is 23.6 Å². The van der Waals surface area contributed by atoms with Crippen LogP contribution in [0.15, 0.2) is 0 Å². The lowest BCUT2D eigenvalue weighted by atomic mass is 10.2. The van der Waals surface area contributed by atoms with Crippen molar-refractivity contribution in [3.8, 4) is 0 Å². The van der Waals surface area contributed by atoms with Gasteiger partial charge in [-0.2, -0.15) is 0 Å². The zero-order chi connectivity index (χ0) is 11.6. The second-order valence-corrected chi connectivity index (χ2v) is 5.46. The molecule has 1 fully saturated rings.